The summed E-state index contributed by atoms with van der Waals surface area (Å²) in [5.41, 5.74) is 1.69. The zero-order chi connectivity index (χ0) is 10.7. The Balaban J connectivity index is 2.57. The van der Waals surface area contributed by atoms with Crippen LogP contribution >= 0.6 is 0 Å². The van der Waals surface area contributed by atoms with Crippen LogP contribution in [0.5, 0.6) is 0 Å². The Morgan fingerprint density at radius 1 is 1.33 bits per heavy atom. The summed E-state index contributed by atoms with van der Waals surface area (Å²) < 4.78 is 1.61. The average Bonchev–Trinajstić information content (AvgIpc) is 2.62. The predicted molar refractivity (Wildman–Crippen MR) is 56.1 cm³/mol. The van der Waals surface area contributed by atoms with Crippen molar-refractivity contribution in [3.05, 3.63) is 42.1 Å². The number of aryl methyl sites for hydroxylation is 1. The second-order valence-electron chi connectivity index (χ2n) is 3.09. The highest BCUT2D eigenvalue weighted by Gasteiger charge is 2.05. The maximum absolute atomic E-state index is 10.2. The van der Waals surface area contributed by atoms with E-state index in [1.807, 2.05) is 37.3 Å². The molecule has 0 unspecified atom stereocenters. The molecule has 0 N–H and O–H groups in total. The van der Waals surface area contributed by atoms with Crippen molar-refractivity contribution in [2.75, 3.05) is 0 Å². The fourth-order valence-corrected chi connectivity index (χ4v) is 1.37. The van der Waals surface area contributed by atoms with E-state index < -0.39 is 0 Å². The van der Waals surface area contributed by atoms with Crippen molar-refractivity contribution in [3.63, 3.8) is 0 Å². The van der Waals surface area contributed by atoms with Crippen molar-refractivity contribution in [3.8, 4) is 5.69 Å². The Morgan fingerprint density at radius 3 is 2.73 bits per heavy atom. The van der Waals surface area contributed by atoms with E-state index >= 15 is 0 Å². The maximum Gasteiger partial charge on any atom is 0.242 e. The van der Waals surface area contributed by atoms with Gasteiger partial charge >= 0.3 is 0 Å². The molecule has 0 bridgehead atoms. The van der Waals surface area contributed by atoms with Crippen LogP contribution in [0.3, 0.4) is 0 Å². The number of hydrogen-bond acceptors (Lipinski definition) is 3. The molecule has 2 rings (SSSR count). The molecule has 0 aliphatic carbocycles. The lowest BCUT2D eigenvalue weighted by atomic mass is 10.3. The van der Waals surface area contributed by atoms with Crippen LogP contribution in [-0.4, -0.2) is 15.9 Å². The molecule has 4 nitrogen and oxygen atoms in total. The molecule has 0 radical (unpaired) electrons. The number of aliphatic imine (C=N–C) groups is 1. The number of benzene rings is 1. The van der Waals surface area contributed by atoms with Gasteiger partial charge in [-0.3, -0.25) is 0 Å². The minimum atomic E-state index is 0.494. The van der Waals surface area contributed by atoms with Gasteiger partial charge in [0.2, 0.25) is 6.08 Å². The Labute approximate surface area is 86.9 Å². The maximum atomic E-state index is 10.2. The molecule has 0 spiro atoms. The van der Waals surface area contributed by atoms with Crippen LogP contribution in [0.25, 0.3) is 5.69 Å². The van der Waals surface area contributed by atoms with Gasteiger partial charge in [0.05, 0.1) is 11.4 Å². The van der Waals surface area contributed by atoms with Gasteiger partial charge in [-0.15, -0.1) is 4.99 Å². The summed E-state index contributed by atoms with van der Waals surface area (Å²) >= 11 is 0. The van der Waals surface area contributed by atoms with Crippen LogP contribution < -0.4 is 0 Å². The van der Waals surface area contributed by atoms with Crippen molar-refractivity contribution < 1.29 is 4.79 Å². The molecule has 1 aromatic carbocycles. The summed E-state index contributed by atoms with van der Waals surface area (Å²) in [7, 11) is 0. The molecular weight excluding hydrogens is 190 g/mol. The summed E-state index contributed by atoms with van der Waals surface area (Å²) in [4.78, 5) is 13.8. The molecule has 1 heterocycles. The third kappa shape index (κ3) is 1.85. The number of isocyanates is 1. The Hall–Kier alpha value is -2.19. The second kappa shape index (κ2) is 3.90. The van der Waals surface area contributed by atoms with Gasteiger partial charge in [0.1, 0.15) is 0 Å². The van der Waals surface area contributed by atoms with E-state index in [-0.39, 0.29) is 0 Å². The zero-order valence-corrected chi connectivity index (χ0v) is 8.21. The van der Waals surface area contributed by atoms with Gasteiger partial charge in [-0.05, 0) is 19.1 Å². The van der Waals surface area contributed by atoms with Gasteiger partial charge in [0.25, 0.3) is 0 Å². The Morgan fingerprint density at radius 2 is 2.07 bits per heavy atom. The number of carbonyl (C=O) groups excluding carboxylic acids is 1. The van der Waals surface area contributed by atoms with E-state index in [2.05, 4.69) is 10.1 Å². The SMILES string of the molecule is Cc1cc(N=C=O)n(-c2ccccc2)n1. The van der Waals surface area contributed by atoms with E-state index in [0.717, 1.165) is 11.4 Å². The topological polar surface area (TPSA) is 47.2 Å². The fraction of sp³-hybridized carbons (Fsp3) is 0.0909. The van der Waals surface area contributed by atoms with Crippen LogP contribution in [0.2, 0.25) is 0 Å². The molecule has 0 saturated heterocycles. The first-order valence-electron chi connectivity index (χ1n) is 4.51. The van der Waals surface area contributed by atoms with Gasteiger partial charge in [0, 0.05) is 6.07 Å². The van der Waals surface area contributed by atoms with Crippen molar-refractivity contribution >= 4 is 11.9 Å². The molecule has 0 aliphatic rings. The Bertz CT molecular complexity index is 510. The van der Waals surface area contributed by atoms with Gasteiger partial charge in [-0.25, -0.2) is 9.48 Å². The van der Waals surface area contributed by atoms with E-state index in [0.29, 0.717) is 5.82 Å². The van der Waals surface area contributed by atoms with Gasteiger partial charge in [0.15, 0.2) is 5.82 Å². The summed E-state index contributed by atoms with van der Waals surface area (Å²) in [6, 6.07) is 11.3. The van der Waals surface area contributed by atoms with E-state index in [1.165, 1.54) is 6.08 Å². The summed E-state index contributed by atoms with van der Waals surface area (Å²) in [5, 5.41) is 4.24. The minimum absolute atomic E-state index is 0.494. The van der Waals surface area contributed by atoms with E-state index in [9.17, 15) is 4.79 Å². The van der Waals surface area contributed by atoms with Crippen LogP contribution in [0.15, 0.2) is 41.4 Å². The minimum Gasteiger partial charge on any atom is -0.214 e. The van der Waals surface area contributed by atoms with Gasteiger partial charge in [-0.2, -0.15) is 5.10 Å². The first kappa shape index (κ1) is 9.37. The standard InChI is InChI=1S/C11H9N3O/c1-9-7-11(12-8-15)14(13-9)10-5-3-2-4-6-10/h2-7H,1H3. The van der Waals surface area contributed by atoms with Gasteiger partial charge in [-0.1, -0.05) is 18.2 Å². The van der Waals surface area contributed by atoms with E-state index in [4.69, 9.17) is 0 Å². The molecule has 0 atom stereocenters. The first-order valence-corrected chi connectivity index (χ1v) is 4.51. The monoisotopic (exact) mass is 199 g/mol. The number of hydrogen-bond donors (Lipinski definition) is 0. The van der Waals surface area contributed by atoms with Gasteiger partial charge < -0.3 is 0 Å². The third-order valence-electron chi connectivity index (χ3n) is 1.97. The molecule has 0 fully saturated rings. The normalized spacial score (nSPS) is 9.67. The van der Waals surface area contributed by atoms with Crippen LogP contribution in [0, 0.1) is 6.92 Å². The zero-order valence-electron chi connectivity index (χ0n) is 8.21. The molecule has 0 aliphatic heterocycles. The predicted octanol–water partition coefficient (Wildman–Crippen LogP) is 2.15. The summed E-state index contributed by atoms with van der Waals surface area (Å²) in [6.45, 7) is 1.85. The molecule has 2 aromatic rings. The van der Waals surface area contributed by atoms with Crippen LogP contribution in [-0.2, 0) is 4.79 Å². The lowest BCUT2D eigenvalue weighted by Crippen LogP contribution is -1.95. The lowest BCUT2D eigenvalue weighted by Gasteiger charge is -2.01. The van der Waals surface area contributed by atoms with Crippen LogP contribution in [0.4, 0.5) is 5.82 Å². The summed E-state index contributed by atoms with van der Waals surface area (Å²) in [5.74, 6) is 0.494. The second-order valence-corrected chi connectivity index (χ2v) is 3.09. The van der Waals surface area contributed by atoms with Crippen molar-refractivity contribution in [2.45, 2.75) is 6.92 Å². The van der Waals surface area contributed by atoms with Crippen molar-refractivity contribution in [1.82, 2.24) is 9.78 Å². The number of nitrogens with zero attached hydrogens (tertiary/aromatic N) is 3. The Kier molecular flexibility index (Phi) is 2.44. The highest BCUT2D eigenvalue weighted by molar-refractivity contribution is 5.49. The lowest BCUT2D eigenvalue weighted by molar-refractivity contribution is 0.565. The molecule has 74 valence electrons. The average molecular weight is 199 g/mol. The first-order chi connectivity index (χ1) is 7.31. The molecular formula is C11H9N3O. The molecule has 0 saturated carbocycles. The van der Waals surface area contributed by atoms with Crippen molar-refractivity contribution in [2.24, 2.45) is 4.99 Å². The van der Waals surface area contributed by atoms with E-state index in [1.54, 1.807) is 10.7 Å². The summed E-state index contributed by atoms with van der Waals surface area (Å²) in [6.07, 6.45) is 1.52. The molecule has 1 aromatic heterocycles. The molecule has 4 heteroatoms. The third-order valence-corrected chi connectivity index (χ3v) is 1.97. The highest BCUT2D eigenvalue weighted by atomic mass is 16.1. The molecule has 0 amide bonds. The molecule has 15 heavy (non-hydrogen) atoms. The number of aromatic nitrogens is 2. The fourth-order valence-electron chi connectivity index (χ4n) is 1.37. The quantitative estimate of drug-likeness (QED) is 0.549. The van der Waals surface area contributed by atoms with Crippen molar-refractivity contribution in [1.29, 1.82) is 0 Å². The number of para-hydroxylation sites is 1. The number of rotatable bonds is 2. The smallest absolute Gasteiger partial charge is 0.214 e. The van der Waals surface area contributed by atoms with Crippen LogP contribution in [0.1, 0.15) is 5.69 Å². The highest BCUT2D eigenvalue weighted by Crippen LogP contribution is 2.18. The largest absolute Gasteiger partial charge is 0.242 e.